The van der Waals surface area contributed by atoms with Gasteiger partial charge in [0.1, 0.15) is 17.5 Å². The molecule has 0 unspecified atom stereocenters. The summed E-state index contributed by atoms with van der Waals surface area (Å²) in [6.07, 6.45) is 6.55. The van der Waals surface area contributed by atoms with Crippen LogP contribution >= 0.6 is 0 Å². The monoisotopic (exact) mass is 220 g/mol. The molecule has 1 heterocycles. The topological polar surface area (TPSA) is 55.0 Å². The van der Waals surface area contributed by atoms with E-state index in [9.17, 15) is 0 Å². The predicted molar refractivity (Wildman–Crippen MR) is 66.5 cm³/mol. The van der Waals surface area contributed by atoms with Crippen LogP contribution in [0.5, 0.6) is 0 Å². The lowest BCUT2D eigenvalue weighted by atomic mass is 9.94. The molecule has 2 rings (SSSR count). The number of hydrogen-bond donors (Lipinski definition) is 1. The zero-order valence-corrected chi connectivity index (χ0v) is 10.1. The molecule has 1 saturated carbocycles. The highest BCUT2D eigenvalue weighted by molar-refractivity contribution is 5.47. The van der Waals surface area contributed by atoms with Crippen molar-refractivity contribution in [2.75, 3.05) is 17.7 Å². The van der Waals surface area contributed by atoms with E-state index in [4.69, 9.17) is 5.73 Å². The third kappa shape index (κ3) is 2.43. The van der Waals surface area contributed by atoms with Crippen molar-refractivity contribution in [1.82, 2.24) is 9.97 Å². The Morgan fingerprint density at radius 1 is 1.25 bits per heavy atom. The summed E-state index contributed by atoms with van der Waals surface area (Å²) in [7, 11) is 2.11. The number of nitrogens with two attached hydrogens (primary N) is 1. The average Bonchev–Trinajstić information content (AvgIpc) is 2.28. The number of nitrogen functional groups attached to an aromatic ring is 1. The molecular weight excluding hydrogens is 200 g/mol. The van der Waals surface area contributed by atoms with Crippen molar-refractivity contribution in [3.8, 4) is 0 Å². The van der Waals surface area contributed by atoms with Gasteiger partial charge in [0.15, 0.2) is 0 Å². The molecule has 0 aromatic carbocycles. The first-order valence-corrected chi connectivity index (χ1v) is 6.01. The van der Waals surface area contributed by atoms with Crippen LogP contribution in [0, 0.1) is 6.92 Å². The summed E-state index contributed by atoms with van der Waals surface area (Å²) in [6.45, 7) is 1.88. The number of hydrogen-bond acceptors (Lipinski definition) is 4. The Balaban J connectivity index is 2.15. The Labute approximate surface area is 96.9 Å². The zero-order chi connectivity index (χ0) is 11.5. The van der Waals surface area contributed by atoms with Crippen molar-refractivity contribution in [1.29, 1.82) is 0 Å². The minimum Gasteiger partial charge on any atom is -0.384 e. The fourth-order valence-electron chi connectivity index (χ4n) is 2.41. The lowest BCUT2D eigenvalue weighted by molar-refractivity contribution is 0.426. The Hall–Kier alpha value is -1.32. The lowest BCUT2D eigenvalue weighted by Gasteiger charge is -2.32. The number of anilines is 2. The van der Waals surface area contributed by atoms with Gasteiger partial charge in [-0.2, -0.15) is 0 Å². The van der Waals surface area contributed by atoms with Gasteiger partial charge < -0.3 is 10.6 Å². The molecule has 0 aliphatic heterocycles. The maximum Gasteiger partial charge on any atom is 0.134 e. The normalized spacial score (nSPS) is 17.4. The molecule has 2 N–H and O–H groups in total. The van der Waals surface area contributed by atoms with Crippen LogP contribution in [0.25, 0.3) is 0 Å². The first-order chi connectivity index (χ1) is 7.66. The molecule has 4 heteroatoms. The highest BCUT2D eigenvalue weighted by atomic mass is 15.2. The maximum atomic E-state index is 5.75. The average molecular weight is 220 g/mol. The van der Waals surface area contributed by atoms with Crippen molar-refractivity contribution >= 4 is 11.6 Å². The van der Waals surface area contributed by atoms with Crippen LogP contribution in [0.15, 0.2) is 6.07 Å². The highest BCUT2D eigenvalue weighted by Gasteiger charge is 2.19. The molecule has 0 saturated heterocycles. The summed E-state index contributed by atoms with van der Waals surface area (Å²) in [5.41, 5.74) is 5.75. The van der Waals surface area contributed by atoms with E-state index in [1.807, 2.05) is 13.0 Å². The molecule has 0 bridgehead atoms. The van der Waals surface area contributed by atoms with Gasteiger partial charge in [-0.05, 0) is 19.8 Å². The fraction of sp³-hybridized carbons (Fsp3) is 0.667. The third-order valence-corrected chi connectivity index (χ3v) is 3.33. The van der Waals surface area contributed by atoms with Crippen molar-refractivity contribution in [3.05, 3.63) is 11.9 Å². The van der Waals surface area contributed by atoms with E-state index < -0.39 is 0 Å². The van der Waals surface area contributed by atoms with E-state index >= 15 is 0 Å². The second-order valence-corrected chi connectivity index (χ2v) is 4.60. The Morgan fingerprint density at radius 2 is 1.94 bits per heavy atom. The first kappa shape index (κ1) is 11.2. The number of aryl methyl sites for hydroxylation is 1. The molecule has 1 aromatic rings. The van der Waals surface area contributed by atoms with Gasteiger partial charge in [0.2, 0.25) is 0 Å². The van der Waals surface area contributed by atoms with E-state index in [2.05, 4.69) is 21.9 Å². The van der Waals surface area contributed by atoms with Crippen LogP contribution in [0.3, 0.4) is 0 Å². The van der Waals surface area contributed by atoms with Crippen LogP contribution < -0.4 is 10.6 Å². The van der Waals surface area contributed by atoms with Crippen molar-refractivity contribution in [2.45, 2.75) is 45.1 Å². The summed E-state index contributed by atoms with van der Waals surface area (Å²) in [5, 5.41) is 0. The predicted octanol–water partition coefficient (Wildman–Crippen LogP) is 2.14. The standard InChI is InChI=1S/C12H20N4/c1-9-14-11(13)8-12(15-9)16(2)10-6-4-3-5-7-10/h8,10H,3-7H2,1-2H3,(H2,13,14,15). The SMILES string of the molecule is Cc1nc(N)cc(N(C)C2CCCCC2)n1. The van der Waals surface area contributed by atoms with Gasteiger partial charge in [-0.15, -0.1) is 0 Å². The van der Waals surface area contributed by atoms with Crippen LogP contribution in [-0.2, 0) is 0 Å². The van der Waals surface area contributed by atoms with Crippen LogP contribution in [0.4, 0.5) is 11.6 Å². The van der Waals surface area contributed by atoms with Gasteiger partial charge in [-0.25, -0.2) is 9.97 Å². The Bertz CT molecular complexity index is 338. The molecule has 0 amide bonds. The number of nitrogens with zero attached hydrogens (tertiary/aromatic N) is 3. The second-order valence-electron chi connectivity index (χ2n) is 4.60. The van der Waals surface area contributed by atoms with Crippen molar-refractivity contribution in [3.63, 3.8) is 0 Å². The summed E-state index contributed by atoms with van der Waals surface area (Å²) in [4.78, 5) is 10.8. The fourth-order valence-corrected chi connectivity index (χ4v) is 2.41. The summed E-state index contributed by atoms with van der Waals surface area (Å²) >= 11 is 0. The molecule has 0 radical (unpaired) electrons. The van der Waals surface area contributed by atoms with Gasteiger partial charge >= 0.3 is 0 Å². The van der Waals surface area contributed by atoms with Gasteiger partial charge in [-0.3, -0.25) is 0 Å². The largest absolute Gasteiger partial charge is 0.384 e. The molecule has 0 spiro atoms. The lowest BCUT2D eigenvalue weighted by Crippen LogP contribution is -2.34. The first-order valence-electron chi connectivity index (χ1n) is 6.01. The van der Waals surface area contributed by atoms with Crippen LogP contribution in [0.2, 0.25) is 0 Å². The number of aromatic nitrogens is 2. The molecule has 16 heavy (non-hydrogen) atoms. The summed E-state index contributed by atoms with van der Waals surface area (Å²) in [6, 6.07) is 2.48. The molecule has 1 aliphatic rings. The minimum atomic E-state index is 0.560. The number of rotatable bonds is 2. The van der Waals surface area contributed by atoms with E-state index in [0.29, 0.717) is 11.9 Å². The van der Waals surface area contributed by atoms with E-state index in [-0.39, 0.29) is 0 Å². The molecular formula is C12H20N4. The molecule has 1 aromatic heterocycles. The van der Waals surface area contributed by atoms with Crippen LogP contribution in [-0.4, -0.2) is 23.1 Å². The maximum absolute atomic E-state index is 5.75. The van der Waals surface area contributed by atoms with E-state index in [1.165, 1.54) is 32.1 Å². The quantitative estimate of drug-likeness (QED) is 0.829. The van der Waals surface area contributed by atoms with Crippen molar-refractivity contribution < 1.29 is 0 Å². The smallest absolute Gasteiger partial charge is 0.134 e. The van der Waals surface area contributed by atoms with E-state index in [1.54, 1.807) is 0 Å². The Kier molecular flexibility index (Phi) is 3.27. The Morgan fingerprint density at radius 3 is 2.56 bits per heavy atom. The van der Waals surface area contributed by atoms with Gasteiger partial charge in [0.05, 0.1) is 0 Å². The van der Waals surface area contributed by atoms with Crippen molar-refractivity contribution in [2.24, 2.45) is 0 Å². The van der Waals surface area contributed by atoms with E-state index in [0.717, 1.165) is 11.6 Å². The molecule has 88 valence electrons. The highest BCUT2D eigenvalue weighted by Crippen LogP contribution is 2.25. The third-order valence-electron chi connectivity index (χ3n) is 3.33. The summed E-state index contributed by atoms with van der Waals surface area (Å²) in [5.74, 6) is 2.26. The van der Waals surface area contributed by atoms with Gasteiger partial charge in [0, 0.05) is 19.2 Å². The minimum absolute atomic E-state index is 0.560. The molecule has 4 nitrogen and oxygen atoms in total. The van der Waals surface area contributed by atoms with Gasteiger partial charge in [0.25, 0.3) is 0 Å². The van der Waals surface area contributed by atoms with Crippen LogP contribution in [0.1, 0.15) is 37.9 Å². The molecule has 0 atom stereocenters. The zero-order valence-electron chi connectivity index (χ0n) is 10.1. The molecule has 1 aliphatic carbocycles. The second kappa shape index (κ2) is 4.68. The van der Waals surface area contributed by atoms with Gasteiger partial charge in [-0.1, -0.05) is 19.3 Å². The summed E-state index contributed by atoms with van der Waals surface area (Å²) < 4.78 is 0. The molecule has 1 fully saturated rings.